The van der Waals surface area contributed by atoms with Gasteiger partial charge in [0.1, 0.15) is 6.61 Å². The smallest absolute Gasteiger partial charge is 0.410 e. The molecule has 6 aliphatic heterocycles. The average molecular weight is 795 g/mol. The van der Waals surface area contributed by atoms with Crippen LogP contribution in [0.25, 0.3) is 0 Å². The summed E-state index contributed by atoms with van der Waals surface area (Å²) in [5, 5.41) is 0. The highest BCUT2D eigenvalue weighted by Gasteiger charge is 2.39. The molecule has 334 valence electrons. The Labute approximate surface area is 349 Å². The third-order valence-electron chi connectivity index (χ3n) is 11.7. The van der Waals surface area contributed by atoms with Gasteiger partial charge in [0.15, 0.2) is 0 Å². The lowest BCUT2D eigenvalue weighted by Crippen LogP contribution is -2.60. The minimum atomic E-state index is -0.187. The van der Waals surface area contributed by atoms with Crippen molar-refractivity contribution in [3.8, 4) is 0 Å². The molecule has 0 aromatic heterocycles. The van der Waals surface area contributed by atoms with Crippen molar-refractivity contribution in [2.45, 2.75) is 204 Å². The monoisotopic (exact) mass is 795 g/mol. The third kappa shape index (κ3) is 19.4. The molecule has 1 atom stereocenters. The second-order valence-electron chi connectivity index (χ2n) is 24.1. The van der Waals surface area contributed by atoms with Gasteiger partial charge in [-0.15, -0.1) is 0 Å². The topological polar surface area (TPSA) is 55.0 Å². The molecule has 0 aliphatic carbocycles. The predicted molar refractivity (Wildman–Crippen MR) is 242 cm³/mol. The fourth-order valence-corrected chi connectivity index (χ4v) is 7.44. The Kier molecular flexibility index (Phi) is 19.9. The first-order chi connectivity index (χ1) is 25.1. The van der Waals surface area contributed by atoms with Crippen molar-refractivity contribution in [2.75, 3.05) is 85.3 Å². The Morgan fingerprint density at radius 1 is 0.518 bits per heavy atom. The first kappa shape index (κ1) is 53.0. The average Bonchev–Trinajstić information content (AvgIpc) is 3.38. The molecule has 56 heavy (non-hydrogen) atoms. The molecule has 6 rings (SSSR count). The highest BCUT2D eigenvalue weighted by molar-refractivity contribution is 5.70. The summed E-state index contributed by atoms with van der Waals surface area (Å²) in [6.07, 6.45) is 2.60. The van der Waals surface area contributed by atoms with Crippen molar-refractivity contribution >= 4 is 6.09 Å². The Balaban J connectivity index is 0.000000337. The molecule has 6 saturated heterocycles. The number of hydrogen-bond donors (Lipinski definition) is 0. The number of ether oxygens (including phenoxy) is 2. The molecule has 1 unspecified atom stereocenters. The molecule has 6 fully saturated rings. The van der Waals surface area contributed by atoms with E-state index in [1.807, 2.05) is 20.8 Å². The summed E-state index contributed by atoms with van der Waals surface area (Å²) in [7, 11) is 0. The fourth-order valence-electron chi connectivity index (χ4n) is 7.44. The Morgan fingerprint density at radius 3 is 1.07 bits per heavy atom. The first-order valence-corrected chi connectivity index (χ1v) is 22.3. The number of amides is 1. The maximum atomic E-state index is 10.9. The van der Waals surface area contributed by atoms with E-state index in [1.165, 1.54) is 58.7 Å². The zero-order chi connectivity index (χ0) is 43.7. The molecule has 6 aliphatic rings. The summed E-state index contributed by atoms with van der Waals surface area (Å²) < 4.78 is 10.0. The SMILES string of the molecule is CC(C)(C)N1CCC1.CC(C)(C)N1CCOC1=O.CC(C)(C)N1CCOCC1.CC1(C)CN(C(C)(C)C)C1.CC1CCN1C(C)(C)C.CC1CN(C(C)(C)C)C1. The van der Waals surface area contributed by atoms with Gasteiger partial charge < -0.3 is 9.47 Å². The van der Waals surface area contributed by atoms with Gasteiger partial charge in [-0.3, -0.25) is 29.4 Å². The van der Waals surface area contributed by atoms with Crippen LogP contribution in [0.2, 0.25) is 0 Å². The Morgan fingerprint density at radius 2 is 0.946 bits per heavy atom. The van der Waals surface area contributed by atoms with Gasteiger partial charge in [-0.1, -0.05) is 20.8 Å². The van der Waals surface area contributed by atoms with Crippen LogP contribution >= 0.6 is 0 Å². The van der Waals surface area contributed by atoms with E-state index in [4.69, 9.17) is 9.47 Å². The van der Waals surface area contributed by atoms with Crippen molar-refractivity contribution in [2.24, 2.45) is 11.3 Å². The summed E-state index contributed by atoms with van der Waals surface area (Å²) >= 11 is 0. The van der Waals surface area contributed by atoms with E-state index in [1.54, 1.807) is 4.90 Å². The second-order valence-corrected chi connectivity index (χ2v) is 24.1. The van der Waals surface area contributed by atoms with Crippen molar-refractivity contribution in [1.82, 2.24) is 29.4 Å². The van der Waals surface area contributed by atoms with E-state index in [9.17, 15) is 4.79 Å². The summed E-state index contributed by atoms with van der Waals surface area (Å²) in [6.45, 7) is 63.6. The molecule has 9 nitrogen and oxygen atoms in total. The lowest BCUT2D eigenvalue weighted by molar-refractivity contribution is -0.0366. The normalized spacial score (nSPS) is 24.2. The maximum Gasteiger partial charge on any atom is 0.410 e. The molecular weight excluding hydrogens is 697 g/mol. The number of likely N-dealkylation sites (tertiary alicyclic amines) is 4. The summed E-state index contributed by atoms with van der Waals surface area (Å²) in [5.41, 5.74) is 2.43. The zero-order valence-corrected chi connectivity index (χ0v) is 41.7. The van der Waals surface area contributed by atoms with Gasteiger partial charge >= 0.3 is 6.09 Å². The second kappa shape index (κ2) is 21.0. The number of morpholine rings is 1. The van der Waals surface area contributed by atoms with Crippen LogP contribution in [0.4, 0.5) is 4.79 Å². The minimum Gasteiger partial charge on any atom is -0.448 e. The number of rotatable bonds is 0. The standard InChI is InChI=1S/C9H19N.C8H17NO.2C8H17N.C7H13NO2.C7H15N/c1-8(2,3)10-6-9(4,5)7-10;1-8(2,3)9-4-6-10-7-5-9;1-7-5-9(6-7)8(2,3)4;1-7-5-6-9(7)8(2,3)4;1-7(2,3)8-4-5-10-6(8)9;1-7(2,3)8-5-4-6-8/h6-7H2,1-5H3;4-7H2,1-3H3;2*7H,5-6H2,1-4H3;4-5H2,1-3H3;4-6H2,1-3H3. The quantitative estimate of drug-likeness (QED) is 0.241. The Bertz CT molecular complexity index is 1110. The van der Waals surface area contributed by atoms with E-state index >= 15 is 0 Å². The Hall–Kier alpha value is -0.970. The molecule has 0 saturated carbocycles. The molecule has 0 aromatic rings. The fraction of sp³-hybridized carbons (Fsp3) is 0.979. The third-order valence-corrected chi connectivity index (χ3v) is 11.7. The van der Waals surface area contributed by atoms with Gasteiger partial charge in [-0.05, 0) is 169 Å². The molecule has 9 heteroatoms. The van der Waals surface area contributed by atoms with Crippen LogP contribution in [-0.4, -0.2) is 160 Å². The predicted octanol–water partition coefficient (Wildman–Crippen LogP) is 9.59. The number of cyclic esters (lactones) is 1. The van der Waals surface area contributed by atoms with Crippen molar-refractivity contribution in [3.05, 3.63) is 0 Å². The van der Waals surface area contributed by atoms with E-state index in [-0.39, 0.29) is 11.6 Å². The van der Waals surface area contributed by atoms with Gasteiger partial charge in [-0.25, -0.2) is 4.79 Å². The number of nitrogens with zero attached hydrogens (tertiary/aromatic N) is 6. The van der Waals surface area contributed by atoms with Crippen LogP contribution in [0, 0.1) is 11.3 Å². The van der Waals surface area contributed by atoms with Crippen molar-refractivity contribution in [3.63, 3.8) is 0 Å². The molecular formula is C47H98N6O3. The van der Waals surface area contributed by atoms with Gasteiger partial charge in [0.2, 0.25) is 0 Å². The summed E-state index contributed by atoms with van der Waals surface area (Å²) in [4.78, 5) is 25.2. The van der Waals surface area contributed by atoms with Crippen molar-refractivity contribution < 1.29 is 14.3 Å². The number of hydrogen-bond acceptors (Lipinski definition) is 8. The van der Waals surface area contributed by atoms with Gasteiger partial charge in [-0.2, -0.15) is 0 Å². The van der Waals surface area contributed by atoms with E-state index in [0.29, 0.717) is 39.7 Å². The van der Waals surface area contributed by atoms with E-state index < -0.39 is 0 Å². The largest absolute Gasteiger partial charge is 0.448 e. The molecule has 0 radical (unpaired) electrons. The molecule has 0 bridgehead atoms. The van der Waals surface area contributed by atoms with Crippen LogP contribution in [0.1, 0.15) is 165 Å². The molecule has 0 aromatic carbocycles. The van der Waals surface area contributed by atoms with Crippen LogP contribution in [-0.2, 0) is 9.47 Å². The van der Waals surface area contributed by atoms with E-state index in [2.05, 4.69) is 156 Å². The van der Waals surface area contributed by atoms with Crippen LogP contribution in [0.3, 0.4) is 0 Å². The molecule has 0 spiro atoms. The zero-order valence-electron chi connectivity index (χ0n) is 41.7. The summed E-state index contributed by atoms with van der Waals surface area (Å²) in [5.74, 6) is 0.934. The van der Waals surface area contributed by atoms with Gasteiger partial charge in [0.25, 0.3) is 0 Å². The lowest BCUT2D eigenvalue weighted by Gasteiger charge is -2.52. The molecule has 1 amide bonds. The van der Waals surface area contributed by atoms with Crippen LogP contribution in [0.5, 0.6) is 0 Å². The van der Waals surface area contributed by atoms with Crippen LogP contribution in [0.15, 0.2) is 0 Å². The highest BCUT2D eigenvalue weighted by Crippen LogP contribution is 2.34. The number of carbonyl (C=O) groups excluding carboxylic acids is 1. The number of carbonyl (C=O) groups is 1. The summed E-state index contributed by atoms with van der Waals surface area (Å²) in [6, 6.07) is 0.824. The van der Waals surface area contributed by atoms with Gasteiger partial charge in [0.05, 0.1) is 19.8 Å². The van der Waals surface area contributed by atoms with Crippen LogP contribution < -0.4 is 0 Å². The molecule has 0 N–H and O–H groups in total. The van der Waals surface area contributed by atoms with Gasteiger partial charge in [0, 0.05) is 85.1 Å². The van der Waals surface area contributed by atoms with E-state index in [0.717, 1.165) is 44.8 Å². The molecule has 6 heterocycles. The minimum absolute atomic E-state index is 0.0897. The van der Waals surface area contributed by atoms with Crippen molar-refractivity contribution in [1.29, 1.82) is 0 Å². The first-order valence-electron chi connectivity index (χ1n) is 22.3. The maximum absolute atomic E-state index is 10.9. The lowest BCUT2D eigenvalue weighted by atomic mass is 9.81. The highest BCUT2D eigenvalue weighted by atomic mass is 16.6.